The summed E-state index contributed by atoms with van der Waals surface area (Å²) in [4.78, 5) is 16.6. The van der Waals surface area contributed by atoms with E-state index >= 15 is 0 Å². The van der Waals surface area contributed by atoms with Gasteiger partial charge in [0.05, 0.1) is 17.3 Å². The maximum absolute atomic E-state index is 12.1. The monoisotopic (exact) mass is 195 g/mol. The molecule has 1 aromatic rings. The molecule has 72 valence electrons. The molecule has 0 radical (unpaired) electrons. The number of allylic oxidation sites excluding steroid dienone is 4. The minimum absolute atomic E-state index is 0.149. The van der Waals surface area contributed by atoms with Crippen LogP contribution >= 0.6 is 0 Å². The van der Waals surface area contributed by atoms with Crippen LogP contribution in [-0.2, 0) is 0 Å². The summed E-state index contributed by atoms with van der Waals surface area (Å²) in [6.45, 7) is 0. The lowest BCUT2D eigenvalue weighted by Gasteiger charge is -2.20. The number of aliphatic imine (C=N–C) groups is 1. The number of carbonyl (C=O) groups is 1. The van der Waals surface area contributed by atoms with Crippen molar-refractivity contribution in [1.82, 2.24) is 0 Å². The fourth-order valence-electron chi connectivity index (χ4n) is 1.95. The van der Waals surface area contributed by atoms with Crippen molar-refractivity contribution >= 4 is 17.2 Å². The summed E-state index contributed by atoms with van der Waals surface area (Å²) in [5.41, 5.74) is 2.36. The highest BCUT2D eigenvalue weighted by atomic mass is 16.1. The average molecular weight is 195 g/mol. The van der Waals surface area contributed by atoms with Gasteiger partial charge in [0.15, 0.2) is 5.78 Å². The van der Waals surface area contributed by atoms with Gasteiger partial charge >= 0.3 is 0 Å². The highest BCUT2D eigenvalue weighted by molar-refractivity contribution is 6.22. The van der Waals surface area contributed by atoms with Crippen LogP contribution in [-0.4, -0.2) is 11.5 Å². The predicted molar refractivity (Wildman–Crippen MR) is 59.6 cm³/mol. The molecule has 1 aliphatic heterocycles. The Morgan fingerprint density at radius 2 is 2.00 bits per heavy atom. The number of rotatable bonds is 0. The summed E-state index contributed by atoms with van der Waals surface area (Å²) in [5, 5.41) is 0. The van der Waals surface area contributed by atoms with Gasteiger partial charge in [0.25, 0.3) is 0 Å². The third-order valence-corrected chi connectivity index (χ3v) is 2.70. The van der Waals surface area contributed by atoms with E-state index in [0.29, 0.717) is 0 Å². The Kier molecular flexibility index (Phi) is 1.68. The molecule has 1 heterocycles. The van der Waals surface area contributed by atoms with E-state index in [2.05, 4.69) is 4.99 Å². The van der Waals surface area contributed by atoms with Crippen LogP contribution in [0.15, 0.2) is 53.6 Å². The van der Waals surface area contributed by atoms with Gasteiger partial charge in [-0.3, -0.25) is 9.79 Å². The van der Waals surface area contributed by atoms with Gasteiger partial charge in [0.2, 0.25) is 0 Å². The first kappa shape index (κ1) is 8.36. The number of benzene rings is 1. The number of hydrogen-bond donors (Lipinski definition) is 0. The van der Waals surface area contributed by atoms with E-state index in [-0.39, 0.29) is 11.7 Å². The Labute approximate surface area is 87.7 Å². The third-order valence-electron chi connectivity index (χ3n) is 2.70. The standard InChI is InChI=1S/C13H9NO/c15-13-9-5-1-3-7-11(9)14-12-8-4-2-6-10(12)13/h1-9H. The Hall–Kier alpha value is -1.96. The molecule has 1 atom stereocenters. The molecule has 1 aromatic carbocycles. The minimum atomic E-state index is -0.176. The number of para-hydroxylation sites is 1. The van der Waals surface area contributed by atoms with Crippen LogP contribution in [0.5, 0.6) is 0 Å². The molecule has 2 aliphatic rings. The predicted octanol–water partition coefficient (Wildman–Crippen LogP) is 2.70. The fourth-order valence-corrected chi connectivity index (χ4v) is 1.95. The molecule has 0 N–H and O–H groups in total. The van der Waals surface area contributed by atoms with Gasteiger partial charge in [-0.05, 0) is 18.2 Å². The minimum Gasteiger partial charge on any atom is -0.293 e. The van der Waals surface area contributed by atoms with E-state index < -0.39 is 0 Å². The lowest BCUT2D eigenvalue weighted by atomic mass is 9.87. The summed E-state index contributed by atoms with van der Waals surface area (Å²) >= 11 is 0. The van der Waals surface area contributed by atoms with Gasteiger partial charge in [-0.25, -0.2) is 0 Å². The second-order valence-electron chi connectivity index (χ2n) is 3.64. The fraction of sp³-hybridized carbons (Fsp3) is 0.0769. The van der Waals surface area contributed by atoms with E-state index in [9.17, 15) is 4.79 Å². The Morgan fingerprint density at radius 1 is 1.13 bits per heavy atom. The molecule has 2 nitrogen and oxygen atoms in total. The maximum Gasteiger partial charge on any atom is 0.177 e. The molecule has 0 saturated heterocycles. The second kappa shape index (κ2) is 3.02. The van der Waals surface area contributed by atoms with Crippen molar-refractivity contribution in [3.05, 3.63) is 54.1 Å². The molecule has 2 heteroatoms. The summed E-state index contributed by atoms with van der Waals surface area (Å²) in [7, 11) is 0. The number of hydrogen-bond acceptors (Lipinski definition) is 2. The highest BCUT2D eigenvalue weighted by Crippen LogP contribution is 2.30. The van der Waals surface area contributed by atoms with Gasteiger partial charge in [0.1, 0.15) is 0 Å². The average Bonchev–Trinajstić information content (AvgIpc) is 2.30. The first-order valence-corrected chi connectivity index (χ1v) is 4.93. The van der Waals surface area contributed by atoms with Crippen LogP contribution in [0.2, 0.25) is 0 Å². The number of carbonyl (C=O) groups excluding carboxylic acids is 1. The molecular weight excluding hydrogens is 186 g/mol. The van der Waals surface area contributed by atoms with Gasteiger partial charge in [-0.15, -0.1) is 0 Å². The molecule has 3 rings (SSSR count). The van der Waals surface area contributed by atoms with Crippen LogP contribution in [0.4, 0.5) is 5.69 Å². The van der Waals surface area contributed by atoms with Crippen LogP contribution in [0.3, 0.4) is 0 Å². The van der Waals surface area contributed by atoms with Crippen molar-refractivity contribution in [1.29, 1.82) is 0 Å². The van der Waals surface area contributed by atoms with Crippen LogP contribution in [0, 0.1) is 5.92 Å². The van der Waals surface area contributed by atoms with Crippen LogP contribution in [0.1, 0.15) is 10.4 Å². The summed E-state index contributed by atoms with van der Waals surface area (Å²) in [6, 6.07) is 7.49. The normalized spacial score (nSPS) is 22.0. The van der Waals surface area contributed by atoms with Crippen molar-refractivity contribution < 1.29 is 4.79 Å². The van der Waals surface area contributed by atoms with E-state index in [4.69, 9.17) is 0 Å². The van der Waals surface area contributed by atoms with Gasteiger partial charge < -0.3 is 0 Å². The lowest BCUT2D eigenvalue weighted by molar-refractivity contribution is 0.0971. The van der Waals surface area contributed by atoms with E-state index in [1.165, 1.54) is 0 Å². The number of fused-ring (bicyclic) bond motifs is 2. The molecule has 0 amide bonds. The molecular formula is C13H9NO. The number of Topliss-reactive ketones (excluding diaryl/α,β-unsaturated/α-hetero) is 1. The zero-order chi connectivity index (χ0) is 10.3. The van der Waals surface area contributed by atoms with E-state index in [0.717, 1.165) is 17.0 Å². The van der Waals surface area contributed by atoms with Crippen LogP contribution < -0.4 is 0 Å². The van der Waals surface area contributed by atoms with E-state index in [1.807, 2.05) is 48.6 Å². The van der Waals surface area contributed by atoms with Gasteiger partial charge in [-0.1, -0.05) is 30.4 Å². The zero-order valence-corrected chi connectivity index (χ0v) is 8.05. The molecule has 0 aromatic heterocycles. The van der Waals surface area contributed by atoms with Crippen molar-refractivity contribution in [3.8, 4) is 0 Å². The Morgan fingerprint density at radius 3 is 2.93 bits per heavy atom. The third kappa shape index (κ3) is 1.18. The second-order valence-corrected chi connectivity index (χ2v) is 3.64. The zero-order valence-electron chi connectivity index (χ0n) is 8.05. The molecule has 1 unspecified atom stereocenters. The van der Waals surface area contributed by atoms with Crippen molar-refractivity contribution in [2.45, 2.75) is 0 Å². The lowest BCUT2D eigenvalue weighted by Crippen LogP contribution is -2.25. The molecule has 0 spiro atoms. The highest BCUT2D eigenvalue weighted by Gasteiger charge is 2.28. The maximum atomic E-state index is 12.1. The van der Waals surface area contributed by atoms with Crippen molar-refractivity contribution in [2.24, 2.45) is 10.9 Å². The Balaban J connectivity index is 2.23. The topological polar surface area (TPSA) is 29.4 Å². The molecule has 0 fully saturated rings. The molecule has 15 heavy (non-hydrogen) atoms. The smallest absolute Gasteiger partial charge is 0.177 e. The quantitative estimate of drug-likeness (QED) is 0.625. The first-order valence-electron chi connectivity index (χ1n) is 4.93. The largest absolute Gasteiger partial charge is 0.293 e. The summed E-state index contributed by atoms with van der Waals surface area (Å²) in [5.74, 6) is -0.0268. The summed E-state index contributed by atoms with van der Waals surface area (Å²) in [6.07, 6.45) is 7.61. The van der Waals surface area contributed by atoms with Gasteiger partial charge in [0, 0.05) is 5.56 Å². The molecule has 0 bridgehead atoms. The Bertz CT molecular complexity index is 523. The number of nitrogens with zero attached hydrogens (tertiary/aromatic N) is 1. The first-order chi connectivity index (χ1) is 7.36. The molecule has 1 aliphatic carbocycles. The number of ketones is 1. The SMILES string of the molecule is O=C1c2ccccc2N=C2C=CC=CC12. The van der Waals surface area contributed by atoms with Gasteiger partial charge in [-0.2, -0.15) is 0 Å². The van der Waals surface area contributed by atoms with E-state index in [1.54, 1.807) is 0 Å². The van der Waals surface area contributed by atoms with Crippen LogP contribution in [0.25, 0.3) is 0 Å². The van der Waals surface area contributed by atoms with Crippen molar-refractivity contribution in [3.63, 3.8) is 0 Å². The molecule has 0 saturated carbocycles. The van der Waals surface area contributed by atoms with Crippen molar-refractivity contribution in [2.75, 3.05) is 0 Å². The summed E-state index contributed by atoms with van der Waals surface area (Å²) < 4.78 is 0.